The summed E-state index contributed by atoms with van der Waals surface area (Å²) in [5, 5.41) is 0.945. The third-order valence-electron chi connectivity index (χ3n) is 2.30. The van der Waals surface area contributed by atoms with Gasteiger partial charge in [0.05, 0.1) is 17.9 Å². The molecule has 0 radical (unpaired) electrons. The summed E-state index contributed by atoms with van der Waals surface area (Å²) >= 11 is 0. The predicted octanol–water partition coefficient (Wildman–Crippen LogP) is 3.42. The van der Waals surface area contributed by atoms with Gasteiger partial charge in [0.15, 0.2) is 5.78 Å². The maximum absolute atomic E-state index is 11.5. The normalized spacial score (nSPS) is 11.0. The lowest BCUT2D eigenvalue weighted by atomic mass is 10.1. The van der Waals surface area contributed by atoms with Crippen molar-refractivity contribution in [2.75, 3.05) is 0 Å². The van der Waals surface area contributed by atoms with Gasteiger partial charge < -0.3 is 9.15 Å². The molecule has 2 aromatic rings. The van der Waals surface area contributed by atoms with Crippen LogP contribution in [-0.2, 0) is 0 Å². The van der Waals surface area contributed by atoms with E-state index in [0.717, 1.165) is 5.39 Å². The standard InChI is InChI=1S/C13H14O3/c1-8(2)16-13-6-10-4-5-15-12(10)7-11(13)9(3)14/h4-8H,1-3H3. The highest BCUT2D eigenvalue weighted by Crippen LogP contribution is 2.28. The van der Waals surface area contributed by atoms with Crippen molar-refractivity contribution in [1.82, 2.24) is 0 Å². The Morgan fingerprint density at radius 2 is 2.12 bits per heavy atom. The molecule has 16 heavy (non-hydrogen) atoms. The largest absolute Gasteiger partial charge is 0.490 e. The van der Waals surface area contributed by atoms with E-state index in [1.165, 1.54) is 6.92 Å². The zero-order chi connectivity index (χ0) is 11.7. The van der Waals surface area contributed by atoms with Gasteiger partial charge in [0.1, 0.15) is 11.3 Å². The highest BCUT2D eigenvalue weighted by Gasteiger charge is 2.12. The van der Waals surface area contributed by atoms with E-state index < -0.39 is 0 Å². The molecule has 0 aliphatic carbocycles. The van der Waals surface area contributed by atoms with Gasteiger partial charge in [-0.2, -0.15) is 0 Å². The van der Waals surface area contributed by atoms with Crippen LogP contribution in [-0.4, -0.2) is 11.9 Å². The molecule has 0 atom stereocenters. The number of ketones is 1. The molecule has 0 fully saturated rings. The summed E-state index contributed by atoms with van der Waals surface area (Å²) in [4.78, 5) is 11.5. The van der Waals surface area contributed by atoms with E-state index >= 15 is 0 Å². The van der Waals surface area contributed by atoms with E-state index in [1.54, 1.807) is 12.3 Å². The Balaban J connectivity index is 2.57. The number of fused-ring (bicyclic) bond motifs is 1. The molecule has 1 aromatic carbocycles. The van der Waals surface area contributed by atoms with Gasteiger partial charge in [-0.05, 0) is 39.0 Å². The molecule has 84 valence electrons. The molecule has 0 spiro atoms. The van der Waals surface area contributed by atoms with Gasteiger partial charge in [0.2, 0.25) is 0 Å². The lowest BCUT2D eigenvalue weighted by Crippen LogP contribution is -2.08. The maximum Gasteiger partial charge on any atom is 0.163 e. The third-order valence-corrected chi connectivity index (χ3v) is 2.30. The van der Waals surface area contributed by atoms with Crippen LogP contribution in [0.1, 0.15) is 31.1 Å². The van der Waals surface area contributed by atoms with Crippen LogP contribution in [0.25, 0.3) is 11.0 Å². The van der Waals surface area contributed by atoms with E-state index in [2.05, 4.69) is 0 Å². The van der Waals surface area contributed by atoms with Crippen molar-refractivity contribution < 1.29 is 13.9 Å². The fraction of sp³-hybridized carbons (Fsp3) is 0.308. The van der Waals surface area contributed by atoms with Crippen LogP contribution in [0.3, 0.4) is 0 Å². The molecule has 0 N–H and O–H groups in total. The number of carbonyl (C=O) groups is 1. The van der Waals surface area contributed by atoms with E-state index in [0.29, 0.717) is 16.9 Å². The molecule has 0 aliphatic heterocycles. The molecule has 3 heteroatoms. The lowest BCUT2D eigenvalue weighted by molar-refractivity contribution is 0.101. The van der Waals surface area contributed by atoms with Crippen LogP contribution in [0.2, 0.25) is 0 Å². The van der Waals surface area contributed by atoms with Gasteiger partial charge in [-0.1, -0.05) is 0 Å². The Labute approximate surface area is 94.0 Å². The average Bonchev–Trinajstić information content (AvgIpc) is 2.62. The summed E-state index contributed by atoms with van der Waals surface area (Å²) in [7, 11) is 0. The summed E-state index contributed by atoms with van der Waals surface area (Å²) in [6.45, 7) is 5.39. The first-order valence-electron chi connectivity index (χ1n) is 5.27. The summed E-state index contributed by atoms with van der Waals surface area (Å²) in [6.07, 6.45) is 1.65. The molecule has 2 rings (SSSR count). The molecule has 0 aliphatic rings. The number of ether oxygens (including phenoxy) is 1. The van der Waals surface area contributed by atoms with Gasteiger partial charge in [0.25, 0.3) is 0 Å². The highest BCUT2D eigenvalue weighted by molar-refractivity contribution is 6.00. The van der Waals surface area contributed by atoms with Crippen LogP contribution in [0.5, 0.6) is 5.75 Å². The number of rotatable bonds is 3. The minimum absolute atomic E-state index is 0.0195. The minimum Gasteiger partial charge on any atom is -0.490 e. The molecule has 0 bridgehead atoms. The van der Waals surface area contributed by atoms with Crippen LogP contribution >= 0.6 is 0 Å². The van der Waals surface area contributed by atoms with Crippen molar-refractivity contribution in [3.05, 3.63) is 30.0 Å². The van der Waals surface area contributed by atoms with Gasteiger partial charge in [-0.25, -0.2) is 0 Å². The fourth-order valence-electron chi connectivity index (χ4n) is 1.62. The second-order valence-electron chi connectivity index (χ2n) is 4.03. The van der Waals surface area contributed by atoms with Crippen molar-refractivity contribution in [3.63, 3.8) is 0 Å². The lowest BCUT2D eigenvalue weighted by Gasteiger charge is -2.12. The second-order valence-corrected chi connectivity index (χ2v) is 4.03. The zero-order valence-corrected chi connectivity index (χ0v) is 9.61. The first kappa shape index (κ1) is 10.7. The molecular formula is C13H14O3. The number of Topliss-reactive ketones (excluding diaryl/α,β-unsaturated/α-hetero) is 1. The predicted molar refractivity (Wildman–Crippen MR) is 62.0 cm³/mol. The second kappa shape index (κ2) is 4.00. The quantitative estimate of drug-likeness (QED) is 0.741. The van der Waals surface area contributed by atoms with Crippen LogP contribution in [0, 0.1) is 0 Å². The topological polar surface area (TPSA) is 39.4 Å². The van der Waals surface area contributed by atoms with E-state index in [9.17, 15) is 4.79 Å². The molecule has 3 nitrogen and oxygen atoms in total. The summed E-state index contributed by atoms with van der Waals surface area (Å²) < 4.78 is 10.9. The highest BCUT2D eigenvalue weighted by atomic mass is 16.5. The zero-order valence-electron chi connectivity index (χ0n) is 9.61. The van der Waals surface area contributed by atoms with Crippen molar-refractivity contribution in [3.8, 4) is 5.75 Å². The van der Waals surface area contributed by atoms with Gasteiger partial charge in [0, 0.05) is 5.39 Å². The summed E-state index contributed by atoms with van der Waals surface area (Å²) in [5.41, 5.74) is 1.28. The Morgan fingerprint density at radius 1 is 1.38 bits per heavy atom. The Kier molecular flexibility index (Phi) is 2.69. The number of carbonyl (C=O) groups excluding carboxylic acids is 1. The number of hydrogen-bond donors (Lipinski definition) is 0. The fourth-order valence-corrected chi connectivity index (χ4v) is 1.62. The third kappa shape index (κ3) is 1.94. The van der Waals surface area contributed by atoms with Crippen molar-refractivity contribution in [1.29, 1.82) is 0 Å². The minimum atomic E-state index is -0.0195. The number of hydrogen-bond acceptors (Lipinski definition) is 3. The monoisotopic (exact) mass is 218 g/mol. The molecule has 1 aromatic heterocycles. The summed E-state index contributed by atoms with van der Waals surface area (Å²) in [6, 6.07) is 5.43. The first-order chi connectivity index (χ1) is 7.58. The smallest absolute Gasteiger partial charge is 0.163 e. The molecule has 0 saturated heterocycles. The van der Waals surface area contributed by atoms with Gasteiger partial charge in [-0.3, -0.25) is 4.79 Å². The van der Waals surface area contributed by atoms with Crippen molar-refractivity contribution >= 4 is 16.8 Å². The van der Waals surface area contributed by atoms with Crippen LogP contribution < -0.4 is 4.74 Å². The number of furan rings is 1. The van der Waals surface area contributed by atoms with E-state index in [4.69, 9.17) is 9.15 Å². The average molecular weight is 218 g/mol. The molecule has 0 amide bonds. The molecule has 0 saturated carbocycles. The number of benzene rings is 1. The SMILES string of the molecule is CC(=O)c1cc2occc2cc1OC(C)C. The first-order valence-corrected chi connectivity index (χ1v) is 5.27. The molecule has 1 heterocycles. The maximum atomic E-state index is 11.5. The Hall–Kier alpha value is -1.77. The van der Waals surface area contributed by atoms with Gasteiger partial charge in [-0.15, -0.1) is 0 Å². The molecular weight excluding hydrogens is 204 g/mol. The van der Waals surface area contributed by atoms with Crippen LogP contribution in [0.15, 0.2) is 28.9 Å². The Bertz CT molecular complexity index is 523. The summed E-state index contributed by atoms with van der Waals surface area (Å²) in [5.74, 6) is 0.602. The van der Waals surface area contributed by atoms with Gasteiger partial charge >= 0.3 is 0 Å². The van der Waals surface area contributed by atoms with Crippen molar-refractivity contribution in [2.24, 2.45) is 0 Å². The van der Waals surface area contributed by atoms with E-state index in [1.807, 2.05) is 26.0 Å². The molecule has 0 unspecified atom stereocenters. The van der Waals surface area contributed by atoms with Crippen molar-refractivity contribution in [2.45, 2.75) is 26.9 Å². The van der Waals surface area contributed by atoms with E-state index in [-0.39, 0.29) is 11.9 Å². The van der Waals surface area contributed by atoms with Crippen LogP contribution in [0.4, 0.5) is 0 Å². The Morgan fingerprint density at radius 3 is 2.75 bits per heavy atom.